The van der Waals surface area contributed by atoms with Crippen molar-refractivity contribution in [2.45, 2.75) is 6.92 Å². The third-order valence-corrected chi connectivity index (χ3v) is 3.42. The van der Waals surface area contributed by atoms with Crippen LogP contribution in [0.4, 0.5) is 4.79 Å². The summed E-state index contributed by atoms with van der Waals surface area (Å²) in [6.45, 7) is 1.84. The summed E-state index contributed by atoms with van der Waals surface area (Å²) in [4.78, 5) is 24.9. The summed E-state index contributed by atoms with van der Waals surface area (Å²) in [5.41, 5.74) is 2.16. The molecule has 2 rings (SSSR count). The standard InChI is InChI=1S/C15H18N2O4/c1-9-13(14(18)20-5)11-8-10(21-15(19)16(2)3)6-7-12(11)17(9)4/h6-8H,1-5H3. The fraction of sp³-hybridized carbons (Fsp3) is 0.333. The van der Waals surface area contributed by atoms with E-state index in [0.717, 1.165) is 11.2 Å². The van der Waals surface area contributed by atoms with E-state index in [1.165, 1.54) is 12.0 Å². The third kappa shape index (κ3) is 2.56. The monoisotopic (exact) mass is 290 g/mol. The number of esters is 1. The van der Waals surface area contributed by atoms with E-state index in [-0.39, 0.29) is 0 Å². The summed E-state index contributed by atoms with van der Waals surface area (Å²) in [6, 6.07) is 5.19. The Morgan fingerprint density at radius 3 is 2.48 bits per heavy atom. The number of aromatic nitrogens is 1. The van der Waals surface area contributed by atoms with Gasteiger partial charge in [0.1, 0.15) is 5.75 Å². The van der Waals surface area contributed by atoms with Crippen LogP contribution >= 0.6 is 0 Å². The van der Waals surface area contributed by atoms with Gasteiger partial charge in [-0.25, -0.2) is 9.59 Å². The molecule has 1 heterocycles. The van der Waals surface area contributed by atoms with Crippen LogP contribution in [0.2, 0.25) is 0 Å². The molecule has 0 bridgehead atoms. The molecule has 1 amide bonds. The van der Waals surface area contributed by atoms with E-state index >= 15 is 0 Å². The smallest absolute Gasteiger partial charge is 0.414 e. The van der Waals surface area contributed by atoms with Crippen LogP contribution in [0.5, 0.6) is 5.75 Å². The lowest BCUT2D eigenvalue weighted by atomic mass is 10.1. The van der Waals surface area contributed by atoms with Gasteiger partial charge in [0.25, 0.3) is 0 Å². The van der Waals surface area contributed by atoms with E-state index in [0.29, 0.717) is 16.7 Å². The van der Waals surface area contributed by atoms with Gasteiger partial charge in [-0.15, -0.1) is 0 Å². The first-order valence-electron chi connectivity index (χ1n) is 6.43. The van der Waals surface area contributed by atoms with Crippen LogP contribution in [-0.2, 0) is 11.8 Å². The Kier molecular flexibility index (Phi) is 3.88. The molecule has 0 saturated carbocycles. The van der Waals surface area contributed by atoms with Crippen LogP contribution in [0.1, 0.15) is 16.1 Å². The van der Waals surface area contributed by atoms with Crippen molar-refractivity contribution in [1.82, 2.24) is 9.47 Å². The van der Waals surface area contributed by atoms with Crippen LogP contribution in [0.3, 0.4) is 0 Å². The lowest BCUT2D eigenvalue weighted by molar-refractivity contribution is 0.0602. The van der Waals surface area contributed by atoms with E-state index in [1.54, 1.807) is 26.2 Å². The number of hydrogen-bond acceptors (Lipinski definition) is 4. The first-order valence-corrected chi connectivity index (χ1v) is 6.43. The van der Waals surface area contributed by atoms with Gasteiger partial charge in [-0.2, -0.15) is 0 Å². The Hall–Kier alpha value is -2.50. The Morgan fingerprint density at radius 2 is 1.90 bits per heavy atom. The minimum absolute atomic E-state index is 0.386. The lowest BCUT2D eigenvalue weighted by Crippen LogP contribution is -2.25. The van der Waals surface area contributed by atoms with Crippen LogP contribution < -0.4 is 4.74 Å². The molecule has 0 fully saturated rings. The van der Waals surface area contributed by atoms with Crippen molar-refractivity contribution < 1.29 is 19.1 Å². The molecule has 0 saturated heterocycles. The maximum atomic E-state index is 12.0. The summed E-state index contributed by atoms with van der Waals surface area (Å²) in [5.74, 6) is -0.0221. The highest BCUT2D eigenvalue weighted by molar-refractivity contribution is 6.06. The van der Waals surface area contributed by atoms with Gasteiger partial charge in [0.15, 0.2) is 0 Å². The SMILES string of the molecule is COC(=O)c1c(C)n(C)c2ccc(OC(=O)N(C)C)cc12. The maximum Gasteiger partial charge on any atom is 0.414 e. The van der Waals surface area contributed by atoms with Crippen LogP contribution in [0.25, 0.3) is 10.9 Å². The predicted octanol–water partition coefficient (Wildman–Crippen LogP) is 2.33. The molecule has 6 nitrogen and oxygen atoms in total. The number of carbonyl (C=O) groups is 2. The largest absolute Gasteiger partial charge is 0.465 e. The van der Waals surface area contributed by atoms with Crippen LogP contribution in [0.15, 0.2) is 18.2 Å². The first-order chi connectivity index (χ1) is 9.86. The van der Waals surface area contributed by atoms with Gasteiger partial charge in [-0.05, 0) is 25.1 Å². The summed E-state index contributed by atoms with van der Waals surface area (Å²) >= 11 is 0. The van der Waals surface area contributed by atoms with E-state index in [4.69, 9.17) is 9.47 Å². The molecule has 6 heteroatoms. The topological polar surface area (TPSA) is 60.8 Å². The zero-order valence-electron chi connectivity index (χ0n) is 12.8. The van der Waals surface area contributed by atoms with Crippen molar-refractivity contribution in [2.24, 2.45) is 7.05 Å². The second kappa shape index (κ2) is 5.47. The highest BCUT2D eigenvalue weighted by Gasteiger charge is 2.20. The molecule has 0 unspecified atom stereocenters. The quantitative estimate of drug-likeness (QED) is 0.796. The number of rotatable bonds is 2. The number of ether oxygens (including phenoxy) is 2. The number of aryl methyl sites for hydroxylation is 1. The van der Waals surface area contributed by atoms with Crippen molar-refractivity contribution in [3.63, 3.8) is 0 Å². The Bertz CT molecular complexity index is 716. The highest BCUT2D eigenvalue weighted by Crippen LogP contribution is 2.29. The molecule has 1 aromatic heterocycles. The number of fused-ring (bicyclic) bond motifs is 1. The molecule has 0 aliphatic carbocycles. The molecule has 0 N–H and O–H groups in total. The number of methoxy groups -OCH3 is 1. The number of nitrogens with zero attached hydrogens (tertiary/aromatic N) is 2. The second-order valence-corrected chi connectivity index (χ2v) is 4.95. The van der Waals surface area contributed by atoms with Crippen molar-refractivity contribution >= 4 is 23.0 Å². The van der Waals surface area contributed by atoms with Crippen molar-refractivity contribution in [1.29, 1.82) is 0 Å². The van der Waals surface area contributed by atoms with Crippen LogP contribution in [0, 0.1) is 6.92 Å². The van der Waals surface area contributed by atoms with Gasteiger partial charge in [0.05, 0.1) is 12.7 Å². The van der Waals surface area contributed by atoms with Gasteiger partial charge in [-0.3, -0.25) is 0 Å². The molecule has 0 spiro atoms. The average Bonchev–Trinajstić information content (AvgIpc) is 2.69. The van der Waals surface area contributed by atoms with E-state index in [9.17, 15) is 9.59 Å². The molecule has 0 aliphatic heterocycles. The molecule has 2 aromatic rings. The molecular weight excluding hydrogens is 272 g/mol. The summed E-state index contributed by atoms with van der Waals surface area (Å²) in [6.07, 6.45) is -0.471. The lowest BCUT2D eigenvalue weighted by Gasteiger charge is -2.10. The molecular formula is C15H18N2O4. The number of hydrogen-bond donors (Lipinski definition) is 0. The van der Waals surface area contributed by atoms with E-state index in [1.807, 2.05) is 24.6 Å². The van der Waals surface area contributed by atoms with E-state index < -0.39 is 12.1 Å². The normalized spacial score (nSPS) is 10.5. The van der Waals surface area contributed by atoms with Gasteiger partial charge >= 0.3 is 12.1 Å². The number of amides is 1. The zero-order valence-corrected chi connectivity index (χ0v) is 12.8. The molecule has 1 aromatic carbocycles. The summed E-state index contributed by atoms with van der Waals surface area (Å²) in [7, 11) is 6.42. The molecule has 0 radical (unpaired) electrons. The molecule has 21 heavy (non-hydrogen) atoms. The van der Waals surface area contributed by atoms with Gasteiger partial charge < -0.3 is 18.9 Å². The molecule has 0 aliphatic rings. The predicted molar refractivity (Wildman–Crippen MR) is 78.7 cm³/mol. The summed E-state index contributed by atoms with van der Waals surface area (Å²) in [5, 5.41) is 0.700. The number of carbonyl (C=O) groups excluding carboxylic acids is 2. The maximum absolute atomic E-state index is 12.0. The van der Waals surface area contributed by atoms with Crippen molar-refractivity contribution in [3.8, 4) is 5.75 Å². The zero-order chi connectivity index (χ0) is 15.7. The van der Waals surface area contributed by atoms with Gasteiger partial charge in [0, 0.05) is 37.7 Å². The minimum atomic E-state index is -0.471. The van der Waals surface area contributed by atoms with Gasteiger partial charge in [-0.1, -0.05) is 0 Å². The minimum Gasteiger partial charge on any atom is -0.465 e. The Labute approximate surface area is 122 Å². The number of benzene rings is 1. The average molecular weight is 290 g/mol. The first kappa shape index (κ1) is 14.9. The Balaban J connectivity index is 2.56. The van der Waals surface area contributed by atoms with Gasteiger partial charge in [0.2, 0.25) is 0 Å². The highest BCUT2D eigenvalue weighted by atomic mass is 16.6. The van der Waals surface area contributed by atoms with Crippen LogP contribution in [-0.4, -0.2) is 42.7 Å². The summed E-state index contributed by atoms with van der Waals surface area (Å²) < 4.78 is 12.0. The van der Waals surface area contributed by atoms with Crippen molar-refractivity contribution in [2.75, 3.05) is 21.2 Å². The second-order valence-electron chi connectivity index (χ2n) is 4.95. The fourth-order valence-corrected chi connectivity index (χ4v) is 2.17. The van der Waals surface area contributed by atoms with E-state index in [2.05, 4.69) is 0 Å². The molecule has 112 valence electrons. The Morgan fingerprint density at radius 1 is 1.24 bits per heavy atom. The van der Waals surface area contributed by atoms with Crippen molar-refractivity contribution in [3.05, 3.63) is 29.5 Å². The molecule has 0 atom stereocenters. The fourth-order valence-electron chi connectivity index (χ4n) is 2.17. The third-order valence-electron chi connectivity index (χ3n) is 3.42.